The van der Waals surface area contributed by atoms with Crippen LogP contribution in [0.4, 0.5) is 0 Å². The molecule has 214 valence electrons. The van der Waals surface area contributed by atoms with Crippen LogP contribution in [-0.4, -0.2) is 15.5 Å². The van der Waals surface area contributed by atoms with Crippen molar-refractivity contribution in [1.29, 1.82) is 0 Å². The molecule has 4 nitrogen and oxygen atoms in total. The van der Waals surface area contributed by atoms with Crippen LogP contribution in [-0.2, 0) is 6.54 Å². The molecule has 1 N–H and O–H groups in total. The van der Waals surface area contributed by atoms with E-state index in [0.717, 1.165) is 34.3 Å². The van der Waals surface area contributed by atoms with Gasteiger partial charge in [-0.05, 0) is 43.7 Å². The van der Waals surface area contributed by atoms with Crippen LogP contribution in [0, 0.1) is 0 Å². The van der Waals surface area contributed by atoms with Crippen LogP contribution >= 0.6 is 15.9 Å². The van der Waals surface area contributed by atoms with Crippen LogP contribution < -0.4 is 5.32 Å². The fourth-order valence-corrected chi connectivity index (χ4v) is 5.85. The van der Waals surface area contributed by atoms with E-state index in [1.807, 2.05) is 37.3 Å². The fourth-order valence-electron chi connectivity index (χ4n) is 5.45. The zero-order valence-corrected chi connectivity index (χ0v) is 26.0. The maximum Gasteiger partial charge on any atom is 0.251 e. The maximum absolute atomic E-state index is 12.9. The Morgan fingerprint density at radius 1 is 0.795 bits per heavy atom. The van der Waals surface area contributed by atoms with E-state index < -0.39 is 0 Å². The number of amides is 1. The number of rotatable bonds is 20. The van der Waals surface area contributed by atoms with Crippen LogP contribution in [0.2, 0.25) is 0 Å². The molecule has 0 saturated carbocycles. The van der Waals surface area contributed by atoms with Crippen molar-refractivity contribution in [3.63, 3.8) is 0 Å². The van der Waals surface area contributed by atoms with Crippen LogP contribution in [0.5, 0.6) is 0 Å². The van der Waals surface area contributed by atoms with Gasteiger partial charge in [-0.25, -0.2) is 4.98 Å². The number of carbonyl (C=O) groups is 1. The second kappa shape index (κ2) is 18.3. The molecule has 0 radical (unpaired) electrons. The minimum absolute atomic E-state index is 0.0789. The number of hydrogen-bond acceptors (Lipinski definition) is 2. The molecular formula is C34H50BrN3O. The zero-order chi connectivity index (χ0) is 27.7. The summed E-state index contributed by atoms with van der Waals surface area (Å²) in [5.41, 5.74) is 2.79. The van der Waals surface area contributed by atoms with E-state index in [1.54, 1.807) is 0 Å². The van der Waals surface area contributed by atoms with Crippen LogP contribution in [0.15, 0.2) is 53.0 Å². The van der Waals surface area contributed by atoms with Gasteiger partial charge in [0.25, 0.3) is 5.91 Å². The lowest BCUT2D eigenvalue weighted by molar-refractivity contribution is 0.0937. The van der Waals surface area contributed by atoms with Gasteiger partial charge in [0.2, 0.25) is 0 Å². The van der Waals surface area contributed by atoms with Crippen molar-refractivity contribution in [2.45, 2.75) is 129 Å². The average Bonchev–Trinajstić information content (AvgIpc) is 3.31. The number of aryl methyl sites for hydroxylation is 1. The monoisotopic (exact) mass is 595 g/mol. The van der Waals surface area contributed by atoms with Crippen molar-refractivity contribution < 1.29 is 4.79 Å². The van der Waals surface area contributed by atoms with E-state index in [2.05, 4.69) is 50.9 Å². The molecule has 0 aliphatic rings. The number of fused-ring (bicyclic) bond motifs is 1. The molecule has 0 bridgehead atoms. The normalized spacial score (nSPS) is 12.2. The number of nitrogens with one attached hydrogen (secondary N) is 1. The molecule has 0 fully saturated rings. The number of halogens is 1. The van der Waals surface area contributed by atoms with E-state index >= 15 is 0 Å². The molecule has 2 aromatic carbocycles. The molecule has 39 heavy (non-hydrogen) atoms. The molecular weight excluding hydrogens is 546 g/mol. The minimum Gasteiger partial charge on any atom is -0.342 e. The Morgan fingerprint density at radius 2 is 1.36 bits per heavy atom. The Balaban J connectivity index is 1.35. The van der Waals surface area contributed by atoms with Crippen molar-refractivity contribution in [3.8, 4) is 0 Å². The Labute approximate surface area is 245 Å². The summed E-state index contributed by atoms with van der Waals surface area (Å²) in [5.74, 6) is 0.852. The molecule has 0 spiro atoms. The Bertz CT molecular complexity index is 1110. The summed E-state index contributed by atoms with van der Waals surface area (Å²) in [7, 11) is 0. The van der Waals surface area contributed by atoms with Gasteiger partial charge >= 0.3 is 0 Å². The quantitative estimate of drug-likeness (QED) is 0.132. The molecule has 1 heterocycles. The number of imidazole rings is 1. The van der Waals surface area contributed by atoms with Crippen molar-refractivity contribution in [1.82, 2.24) is 14.9 Å². The molecule has 3 aromatic rings. The highest BCUT2D eigenvalue weighted by molar-refractivity contribution is 9.10. The van der Waals surface area contributed by atoms with Gasteiger partial charge in [0.1, 0.15) is 5.82 Å². The number of hydrogen-bond donors (Lipinski definition) is 1. The molecule has 5 heteroatoms. The predicted molar refractivity (Wildman–Crippen MR) is 169 cm³/mol. The highest BCUT2D eigenvalue weighted by atomic mass is 79.9. The lowest BCUT2D eigenvalue weighted by Gasteiger charge is -2.16. The first-order valence-electron chi connectivity index (χ1n) is 15.6. The Morgan fingerprint density at radius 3 is 1.95 bits per heavy atom. The van der Waals surface area contributed by atoms with Gasteiger partial charge in [-0.2, -0.15) is 0 Å². The number of unbranched alkanes of at least 4 members (excludes halogenated alkanes) is 15. The molecule has 1 amide bonds. The summed E-state index contributed by atoms with van der Waals surface area (Å²) in [6, 6.07) is 15.6. The largest absolute Gasteiger partial charge is 0.342 e. The van der Waals surface area contributed by atoms with Crippen LogP contribution in [0.25, 0.3) is 11.0 Å². The molecule has 1 aromatic heterocycles. The summed E-state index contributed by atoms with van der Waals surface area (Å²) in [5, 5.41) is 3.15. The van der Waals surface area contributed by atoms with Gasteiger partial charge in [-0.1, -0.05) is 137 Å². The second-order valence-electron chi connectivity index (χ2n) is 11.1. The van der Waals surface area contributed by atoms with E-state index in [1.165, 1.54) is 96.3 Å². The second-order valence-corrected chi connectivity index (χ2v) is 12.0. The summed E-state index contributed by atoms with van der Waals surface area (Å²) >= 11 is 3.46. The molecule has 1 atom stereocenters. The van der Waals surface area contributed by atoms with Crippen molar-refractivity contribution in [3.05, 3.63) is 64.4 Å². The zero-order valence-electron chi connectivity index (χ0n) is 24.4. The van der Waals surface area contributed by atoms with Crippen molar-refractivity contribution in [2.75, 3.05) is 0 Å². The van der Waals surface area contributed by atoms with E-state index in [4.69, 9.17) is 4.98 Å². The standard InChI is InChI=1S/C34H50BrN3O/c1-3-4-5-6-7-8-9-10-11-12-13-14-15-16-17-20-26-38-32-25-19-18-24-31(32)37-33(38)28(2)36-34(39)29-22-21-23-30(35)27-29/h18-19,21-25,27-28H,3-17,20,26H2,1-2H3,(H,36,39). The van der Waals surface area contributed by atoms with E-state index in [9.17, 15) is 4.79 Å². The summed E-state index contributed by atoms with van der Waals surface area (Å²) in [6.07, 6.45) is 22.0. The third-order valence-corrected chi connectivity index (χ3v) is 8.23. The number of para-hydroxylation sites is 2. The van der Waals surface area contributed by atoms with Gasteiger partial charge in [0.15, 0.2) is 0 Å². The first kappa shape index (κ1) is 31.4. The summed E-state index contributed by atoms with van der Waals surface area (Å²) in [6.45, 7) is 5.25. The lowest BCUT2D eigenvalue weighted by atomic mass is 10.0. The number of aromatic nitrogens is 2. The van der Waals surface area contributed by atoms with Gasteiger partial charge in [0, 0.05) is 16.6 Å². The maximum atomic E-state index is 12.9. The topological polar surface area (TPSA) is 46.9 Å². The van der Waals surface area contributed by atoms with E-state index in [-0.39, 0.29) is 11.9 Å². The fraction of sp³-hybridized carbons (Fsp3) is 0.588. The third kappa shape index (κ3) is 11.1. The highest BCUT2D eigenvalue weighted by Crippen LogP contribution is 2.23. The summed E-state index contributed by atoms with van der Waals surface area (Å²) in [4.78, 5) is 17.8. The number of nitrogens with zero attached hydrogens (tertiary/aromatic N) is 2. The van der Waals surface area contributed by atoms with Crippen LogP contribution in [0.1, 0.15) is 139 Å². The Kier molecular flexibility index (Phi) is 14.7. The molecule has 0 saturated heterocycles. The highest BCUT2D eigenvalue weighted by Gasteiger charge is 2.19. The molecule has 1 unspecified atom stereocenters. The number of benzene rings is 2. The SMILES string of the molecule is CCCCCCCCCCCCCCCCCCn1c(C(C)NC(=O)c2cccc(Br)c2)nc2ccccc21. The predicted octanol–water partition coefficient (Wildman–Crippen LogP) is 10.6. The first-order valence-corrected chi connectivity index (χ1v) is 16.4. The van der Waals surface area contributed by atoms with Crippen molar-refractivity contribution >= 4 is 32.9 Å². The molecule has 3 rings (SSSR count). The van der Waals surface area contributed by atoms with Crippen LogP contribution in [0.3, 0.4) is 0 Å². The third-order valence-electron chi connectivity index (χ3n) is 7.74. The summed E-state index contributed by atoms with van der Waals surface area (Å²) < 4.78 is 3.21. The Hall–Kier alpha value is -2.14. The van der Waals surface area contributed by atoms with Crippen molar-refractivity contribution in [2.24, 2.45) is 0 Å². The smallest absolute Gasteiger partial charge is 0.251 e. The van der Waals surface area contributed by atoms with Gasteiger partial charge in [-0.3, -0.25) is 4.79 Å². The lowest BCUT2D eigenvalue weighted by Crippen LogP contribution is -2.28. The van der Waals surface area contributed by atoms with Gasteiger partial charge < -0.3 is 9.88 Å². The molecule has 0 aliphatic carbocycles. The first-order chi connectivity index (χ1) is 19.1. The molecule has 0 aliphatic heterocycles. The van der Waals surface area contributed by atoms with Gasteiger partial charge in [0.05, 0.1) is 17.1 Å². The average molecular weight is 597 g/mol. The minimum atomic E-state index is -0.176. The van der Waals surface area contributed by atoms with Gasteiger partial charge in [-0.15, -0.1) is 0 Å². The number of carbonyl (C=O) groups excluding carboxylic acids is 1. The van der Waals surface area contributed by atoms with E-state index in [0.29, 0.717) is 5.56 Å².